The number of carbonyl (C=O) groups excluding carboxylic acids is 2. The van der Waals surface area contributed by atoms with Gasteiger partial charge in [-0.2, -0.15) is 5.10 Å². The molecule has 2 aromatic carbocycles. The Morgan fingerprint density at radius 3 is 2.71 bits per heavy atom. The number of nitrogens with one attached hydrogen (secondary N) is 1. The van der Waals surface area contributed by atoms with Gasteiger partial charge < -0.3 is 15.0 Å². The quantitative estimate of drug-likeness (QED) is 0.602. The van der Waals surface area contributed by atoms with Gasteiger partial charge in [0.25, 0.3) is 5.91 Å². The van der Waals surface area contributed by atoms with Crippen LogP contribution in [0.3, 0.4) is 0 Å². The van der Waals surface area contributed by atoms with Crippen molar-refractivity contribution in [1.82, 2.24) is 14.7 Å². The predicted molar refractivity (Wildman–Crippen MR) is 130 cm³/mol. The van der Waals surface area contributed by atoms with Crippen LogP contribution in [0.15, 0.2) is 42.7 Å². The summed E-state index contributed by atoms with van der Waals surface area (Å²) in [4.78, 5) is 27.2. The summed E-state index contributed by atoms with van der Waals surface area (Å²) in [5.74, 6) is 0.272. The summed E-state index contributed by atoms with van der Waals surface area (Å²) < 4.78 is 7.99. The number of piperidine rings is 1. The van der Waals surface area contributed by atoms with Crippen LogP contribution in [0.1, 0.15) is 72.7 Å². The fraction of sp³-hybridized carbons (Fsp3) is 0.444. The number of hydrogen-bond acceptors (Lipinski definition) is 4. The fourth-order valence-electron chi connectivity index (χ4n) is 5.91. The maximum Gasteiger partial charge on any atom is 0.256 e. The third-order valence-electron chi connectivity index (χ3n) is 8.11. The summed E-state index contributed by atoms with van der Waals surface area (Å²) in [5.41, 5.74) is 3.44. The Labute approximate surface area is 199 Å². The van der Waals surface area contributed by atoms with E-state index in [4.69, 9.17) is 4.74 Å². The van der Waals surface area contributed by atoms with Crippen LogP contribution >= 0.6 is 0 Å². The molecule has 3 aromatic rings. The maximum atomic E-state index is 12.9. The van der Waals surface area contributed by atoms with Crippen molar-refractivity contribution >= 4 is 28.3 Å². The zero-order valence-corrected chi connectivity index (χ0v) is 19.7. The van der Waals surface area contributed by atoms with Gasteiger partial charge in [-0.3, -0.25) is 14.3 Å². The van der Waals surface area contributed by atoms with E-state index >= 15 is 0 Å². The first-order chi connectivity index (χ1) is 16.5. The maximum absolute atomic E-state index is 12.9. The van der Waals surface area contributed by atoms with Crippen LogP contribution in [-0.2, 0) is 9.53 Å². The molecule has 6 rings (SSSR count). The molecule has 3 heterocycles. The lowest BCUT2D eigenvalue weighted by Crippen LogP contribution is -2.49. The number of anilines is 1. The van der Waals surface area contributed by atoms with E-state index < -0.39 is 0 Å². The average molecular weight is 459 g/mol. The Balaban J connectivity index is 1.22. The monoisotopic (exact) mass is 458 g/mol. The number of aromatic nitrogens is 2. The molecule has 34 heavy (non-hydrogen) atoms. The van der Waals surface area contributed by atoms with Crippen LogP contribution < -0.4 is 5.32 Å². The molecule has 1 aromatic heterocycles. The van der Waals surface area contributed by atoms with Gasteiger partial charge in [-0.05, 0) is 48.8 Å². The van der Waals surface area contributed by atoms with Crippen LogP contribution in [0, 0.1) is 5.41 Å². The molecule has 2 fully saturated rings. The van der Waals surface area contributed by atoms with Crippen molar-refractivity contribution in [3.63, 3.8) is 0 Å². The number of nitrogens with zero attached hydrogens (tertiary/aromatic N) is 3. The number of methoxy groups -OCH3 is 1. The zero-order valence-electron chi connectivity index (χ0n) is 19.7. The van der Waals surface area contributed by atoms with E-state index in [-0.39, 0.29) is 23.5 Å². The lowest BCUT2D eigenvalue weighted by molar-refractivity contribution is -0.147. The van der Waals surface area contributed by atoms with Crippen molar-refractivity contribution in [2.24, 2.45) is 5.41 Å². The van der Waals surface area contributed by atoms with Gasteiger partial charge in [0.15, 0.2) is 0 Å². The van der Waals surface area contributed by atoms with Crippen molar-refractivity contribution in [2.45, 2.75) is 51.2 Å². The second-order valence-corrected chi connectivity index (χ2v) is 10.2. The Bertz CT molecular complexity index is 1280. The molecule has 0 spiro atoms. The van der Waals surface area contributed by atoms with Crippen LogP contribution in [0.4, 0.5) is 5.69 Å². The summed E-state index contributed by atoms with van der Waals surface area (Å²) in [6.07, 6.45) is 8.72. The van der Waals surface area contributed by atoms with Gasteiger partial charge in [0.2, 0.25) is 5.91 Å². The first-order valence-electron chi connectivity index (χ1n) is 12.2. The van der Waals surface area contributed by atoms with Crippen molar-refractivity contribution in [3.8, 4) is 0 Å². The molecular formula is C27H30N4O3. The minimum Gasteiger partial charge on any atom is -0.372 e. The van der Waals surface area contributed by atoms with Crippen LogP contribution in [-0.4, -0.2) is 46.7 Å². The summed E-state index contributed by atoms with van der Waals surface area (Å²) in [6.45, 7) is 3.69. The van der Waals surface area contributed by atoms with E-state index in [1.54, 1.807) is 7.11 Å². The molecule has 7 nitrogen and oxygen atoms in total. The van der Waals surface area contributed by atoms with Crippen molar-refractivity contribution in [3.05, 3.63) is 59.4 Å². The van der Waals surface area contributed by atoms with Gasteiger partial charge in [0.05, 0.1) is 12.2 Å². The van der Waals surface area contributed by atoms with Crippen molar-refractivity contribution in [1.29, 1.82) is 0 Å². The highest BCUT2D eigenvalue weighted by atomic mass is 16.5. The normalized spacial score (nSPS) is 20.3. The lowest BCUT2D eigenvalue weighted by atomic mass is 9.69. The first kappa shape index (κ1) is 21.4. The molecule has 7 heteroatoms. The van der Waals surface area contributed by atoms with E-state index in [2.05, 4.69) is 28.4 Å². The first-order valence-corrected chi connectivity index (χ1v) is 12.2. The van der Waals surface area contributed by atoms with Crippen molar-refractivity contribution < 1.29 is 14.3 Å². The number of hydrogen-bond donors (Lipinski definition) is 1. The summed E-state index contributed by atoms with van der Waals surface area (Å²) in [7, 11) is 1.71. The molecule has 1 atom stereocenters. The van der Waals surface area contributed by atoms with Crippen molar-refractivity contribution in [2.75, 3.05) is 25.5 Å². The Hall–Kier alpha value is -3.19. The molecule has 1 N–H and O–H groups in total. The van der Waals surface area contributed by atoms with Gasteiger partial charge in [0.1, 0.15) is 6.10 Å². The van der Waals surface area contributed by atoms with Gasteiger partial charge >= 0.3 is 0 Å². The number of benzene rings is 2. The van der Waals surface area contributed by atoms with E-state index in [0.29, 0.717) is 11.5 Å². The Morgan fingerprint density at radius 1 is 1.21 bits per heavy atom. The van der Waals surface area contributed by atoms with E-state index in [1.165, 1.54) is 6.42 Å². The van der Waals surface area contributed by atoms with Crippen LogP contribution in [0.2, 0.25) is 0 Å². The van der Waals surface area contributed by atoms with E-state index in [0.717, 1.165) is 66.4 Å². The van der Waals surface area contributed by atoms with Gasteiger partial charge in [0, 0.05) is 54.0 Å². The molecule has 176 valence electrons. The largest absolute Gasteiger partial charge is 0.372 e. The van der Waals surface area contributed by atoms with Gasteiger partial charge in [-0.15, -0.1) is 0 Å². The third-order valence-corrected chi connectivity index (χ3v) is 8.11. The highest BCUT2D eigenvalue weighted by Gasteiger charge is 2.42. The Morgan fingerprint density at radius 2 is 2.00 bits per heavy atom. The molecule has 0 radical (unpaired) electrons. The molecule has 2 aliphatic heterocycles. The SMILES string of the molecule is COC(c1cnn(C2CCN(C(=O)C3(C)CCC3)CC2)c1)c1ccc2c3c(cccc13)C(=O)N2. The Kier molecular flexibility index (Phi) is 4.99. The molecule has 1 aliphatic carbocycles. The molecule has 1 saturated carbocycles. The average Bonchev–Trinajstić information content (AvgIpc) is 3.45. The smallest absolute Gasteiger partial charge is 0.256 e. The third kappa shape index (κ3) is 3.25. The van der Waals surface area contributed by atoms with Crippen LogP contribution in [0.25, 0.3) is 10.8 Å². The predicted octanol–water partition coefficient (Wildman–Crippen LogP) is 4.69. The van der Waals surface area contributed by atoms with Gasteiger partial charge in [-0.25, -0.2) is 0 Å². The second-order valence-electron chi connectivity index (χ2n) is 10.2. The van der Waals surface area contributed by atoms with Gasteiger partial charge in [-0.1, -0.05) is 31.5 Å². The lowest BCUT2D eigenvalue weighted by Gasteiger charge is -2.43. The highest BCUT2D eigenvalue weighted by Crippen LogP contribution is 2.43. The minimum absolute atomic E-state index is 0.0596. The molecule has 2 amide bonds. The number of amides is 2. The molecule has 1 unspecified atom stereocenters. The second kappa shape index (κ2) is 7.94. The number of carbonyl (C=O) groups is 2. The minimum atomic E-state index is -0.283. The fourth-order valence-corrected chi connectivity index (χ4v) is 5.91. The number of likely N-dealkylation sites (tertiary alicyclic amines) is 1. The zero-order chi connectivity index (χ0) is 23.4. The van der Waals surface area contributed by atoms with E-state index in [9.17, 15) is 9.59 Å². The molecule has 1 saturated heterocycles. The highest BCUT2D eigenvalue weighted by molar-refractivity contribution is 6.24. The number of rotatable bonds is 5. The number of ether oxygens (including phenoxy) is 1. The summed E-state index contributed by atoms with van der Waals surface area (Å²) in [5, 5.41) is 9.61. The summed E-state index contributed by atoms with van der Waals surface area (Å²) >= 11 is 0. The topological polar surface area (TPSA) is 76.5 Å². The summed E-state index contributed by atoms with van der Waals surface area (Å²) in [6, 6.07) is 10.1. The van der Waals surface area contributed by atoms with Crippen LogP contribution in [0.5, 0.6) is 0 Å². The molecular weight excluding hydrogens is 428 g/mol. The standard InChI is InChI=1S/C27H30N4O3/c1-27(11-4-12-27)26(33)30-13-9-18(10-14-30)31-16-17(15-28-31)24(34-2)20-7-8-22-23-19(20)5-3-6-21(23)25(32)29-22/h3,5-8,15-16,18,24H,4,9-14H2,1-2H3,(H,29,32). The van der Waals surface area contributed by atoms with E-state index in [1.807, 2.05) is 41.2 Å². The molecule has 3 aliphatic rings. The molecule has 0 bridgehead atoms.